The van der Waals surface area contributed by atoms with Crippen LogP contribution in [0.3, 0.4) is 0 Å². The van der Waals surface area contributed by atoms with Gasteiger partial charge in [-0.2, -0.15) is 0 Å². The molecule has 1 unspecified atom stereocenters. The number of aliphatic hydroxyl groups excluding tert-OH is 1. The lowest BCUT2D eigenvalue weighted by molar-refractivity contribution is -0.285. The van der Waals surface area contributed by atoms with Gasteiger partial charge in [0.15, 0.2) is 5.65 Å². The van der Waals surface area contributed by atoms with E-state index in [1.807, 2.05) is 91.0 Å². The smallest absolute Gasteiger partial charge is 0.214 e. The summed E-state index contributed by atoms with van der Waals surface area (Å²) in [4.78, 5) is 12.8. The van der Waals surface area contributed by atoms with Crippen molar-refractivity contribution < 1.29 is 14.6 Å². The van der Waals surface area contributed by atoms with Crippen LogP contribution in [0.4, 0.5) is 0 Å². The van der Waals surface area contributed by atoms with E-state index in [4.69, 9.17) is 9.47 Å². The highest BCUT2D eigenvalue weighted by atomic mass is 16.7. The summed E-state index contributed by atoms with van der Waals surface area (Å²) in [5.74, 6) is -1.54. The zero-order valence-electron chi connectivity index (χ0n) is 20.2. The summed E-state index contributed by atoms with van der Waals surface area (Å²) in [6.45, 7) is 0.128. The first-order valence-electron chi connectivity index (χ1n) is 11.7. The van der Waals surface area contributed by atoms with Gasteiger partial charge in [0.05, 0.1) is 19.1 Å². The summed E-state index contributed by atoms with van der Waals surface area (Å²) in [6, 6.07) is 30.1. The van der Waals surface area contributed by atoms with Crippen LogP contribution in [-0.4, -0.2) is 50.7 Å². The van der Waals surface area contributed by atoms with Gasteiger partial charge in [0.1, 0.15) is 23.4 Å². The van der Waals surface area contributed by atoms with Gasteiger partial charge in [0, 0.05) is 14.2 Å². The summed E-state index contributed by atoms with van der Waals surface area (Å²) in [6.07, 6.45) is 3.62. The lowest BCUT2D eigenvalue weighted by Gasteiger charge is -2.51. The molecule has 0 radical (unpaired) electrons. The van der Waals surface area contributed by atoms with E-state index < -0.39 is 17.3 Å². The van der Waals surface area contributed by atoms with Crippen molar-refractivity contribution in [2.75, 3.05) is 14.2 Å². The van der Waals surface area contributed by atoms with E-state index in [2.05, 4.69) is 15.0 Å². The molecular weight excluding hydrogens is 452 g/mol. The Morgan fingerprint density at radius 2 is 1.28 bits per heavy atom. The van der Waals surface area contributed by atoms with Crippen molar-refractivity contribution >= 4 is 11.2 Å². The largest absolute Gasteiger partial charge is 0.386 e. The number of aromatic nitrogens is 4. The van der Waals surface area contributed by atoms with Gasteiger partial charge in [-0.25, -0.2) is 15.0 Å². The van der Waals surface area contributed by atoms with Crippen LogP contribution in [0.5, 0.6) is 0 Å². The minimum Gasteiger partial charge on any atom is -0.386 e. The Balaban J connectivity index is 1.79. The Morgan fingerprint density at radius 1 is 0.778 bits per heavy atom. The lowest BCUT2D eigenvalue weighted by Crippen LogP contribution is -2.63. The summed E-state index contributed by atoms with van der Waals surface area (Å²) in [7, 11) is 3.15. The van der Waals surface area contributed by atoms with Crippen LogP contribution in [-0.2, 0) is 21.4 Å². The summed E-state index contributed by atoms with van der Waals surface area (Å²) in [5.41, 5.74) is 2.99. The molecule has 0 aliphatic carbocycles. The van der Waals surface area contributed by atoms with Gasteiger partial charge in [0.2, 0.25) is 5.79 Å². The average molecular weight is 481 g/mol. The monoisotopic (exact) mass is 480 g/mol. The molecule has 182 valence electrons. The van der Waals surface area contributed by atoms with Crippen LogP contribution < -0.4 is 0 Å². The van der Waals surface area contributed by atoms with E-state index in [1.54, 1.807) is 31.3 Å². The second kappa shape index (κ2) is 9.99. The molecule has 0 bridgehead atoms. The van der Waals surface area contributed by atoms with Gasteiger partial charge in [-0.15, -0.1) is 0 Å². The average Bonchev–Trinajstić information content (AvgIpc) is 3.36. The third kappa shape index (κ3) is 3.69. The van der Waals surface area contributed by atoms with Crippen molar-refractivity contribution in [1.29, 1.82) is 0 Å². The number of fused-ring (bicyclic) bond motifs is 1. The van der Waals surface area contributed by atoms with E-state index in [9.17, 15) is 5.11 Å². The first-order chi connectivity index (χ1) is 17.7. The molecule has 2 heterocycles. The van der Waals surface area contributed by atoms with Gasteiger partial charge in [-0.3, -0.25) is 0 Å². The number of benzene rings is 3. The molecule has 0 amide bonds. The fourth-order valence-electron chi connectivity index (χ4n) is 5.33. The molecule has 0 aliphatic heterocycles. The number of nitrogens with zero attached hydrogens (tertiary/aromatic N) is 4. The van der Waals surface area contributed by atoms with Crippen molar-refractivity contribution in [2.45, 2.75) is 23.9 Å². The van der Waals surface area contributed by atoms with Crippen LogP contribution in [0.25, 0.3) is 11.2 Å². The first-order valence-corrected chi connectivity index (χ1v) is 11.7. The molecule has 0 aliphatic rings. The third-order valence-electron chi connectivity index (χ3n) is 6.84. The molecule has 5 rings (SSSR count). The molecule has 7 heteroatoms. The van der Waals surface area contributed by atoms with E-state index in [0.717, 1.165) is 16.7 Å². The topological polar surface area (TPSA) is 82.3 Å². The normalized spacial score (nSPS) is 13.1. The maximum Gasteiger partial charge on any atom is 0.214 e. The summed E-state index contributed by atoms with van der Waals surface area (Å²) in [5, 5.41) is 12.1. The molecule has 7 nitrogen and oxygen atoms in total. The molecule has 36 heavy (non-hydrogen) atoms. The van der Waals surface area contributed by atoms with Crippen molar-refractivity contribution in [3.63, 3.8) is 0 Å². The molecule has 2 aromatic heterocycles. The minimum atomic E-state index is -1.54. The fourth-order valence-corrected chi connectivity index (χ4v) is 5.33. The van der Waals surface area contributed by atoms with Crippen LogP contribution in [0.1, 0.15) is 16.7 Å². The number of hydrogen-bond donors (Lipinski definition) is 1. The standard InChI is InChI=1S/C29H28N4O3/c1-35-29(36-2,26(34)19-33-21-32-25-18-30-20-31-27(25)33)28(22-12-6-3-7-13-22,23-14-8-4-9-15-23)24-16-10-5-11-17-24/h3-18,20-21,26,34H,19H2,1-2H3. The second-order valence-electron chi connectivity index (χ2n) is 8.57. The zero-order valence-corrected chi connectivity index (χ0v) is 20.2. The van der Waals surface area contributed by atoms with Crippen molar-refractivity contribution in [3.05, 3.63) is 127 Å². The molecular formula is C29H28N4O3. The van der Waals surface area contributed by atoms with Gasteiger partial charge >= 0.3 is 0 Å². The molecule has 1 N–H and O–H groups in total. The molecule has 5 aromatic rings. The SMILES string of the molecule is COC(OC)(C(O)Cn1cnc2cncnc21)C(c1ccccc1)(c1ccccc1)c1ccccc1. The number of hydrogen-bond acceptors (Lipinski definition) is 6. The molecule has 0 spiro atoms. The predicted octanol–water partition coefficient (Wildman–Crippen LogP) is 4.21. The Kier molecular flexibility index (Phi) is 6.61. The maximum absolute atomic E-state index is 12.1. The second-order valence-corrected chi connectivity index (χ2v) is 8.57. The number of aliphatic hydroxyl groups is 1. The Morgan fingerprint density at radius 3 is 1.75 bits per heavy atom. The number of rotatable bonds is 9. The van der Waals surface area contributed by atoms with Gasteiger partial charge in [-0.1, -0.05) is 91.0 Å². The van der Waals surface area contributed by atoms with Crippen LogP contribution in [0, 0.1) is 0 Å². The van der Waals surface area contributed by atoms with Crippen LogP contribution in [0.2, 0.25) is 0 Å². The molecule has 0 saturated heterocycles. The molecule has 0 saturated carbocycles. The Labute approximate surface area is 210 Å². The predicted molar refractivity (Wildman–Crippen MR) is 137 cm³/mol. The Hall–Kier alpha value is -3.91. The van der Waals surface area contributed by atoms with Crippen LogP contribution in [0.15, 0.2) is 110 Å². The van der Waals surface area contributed by atoms with Crippen LogP contribution >= 0.6 is 0 Å². The number of ether oxygens (including phenoxy) is 2. The highest BCUT2D eigenvalue weighted by Gasteiger charge is 2.60. The summed E-state index contributed by atoms with van der Waals surface area (Å²) < 4.78 is 14.4. The van der Waals surface area contributed by atoms with Crippen molar-refractivity contribution in [2.24, 2.45) is 0 Å². The zero-order chi connectivity index (χ0) is 25.0. The number of imidazole rings is 1. The van der Waals surface area contributed by atoms with Gasteiger partial charge in [0.25, 0.3) is 0 Å². The first kappa shape index (κ1) is 23.8. The highest BCUT2D eigenvalue weighted by Crippen LogP contribution is 2.51. The summed E-state index contributed by atoms with van der Waals surface area (Å²) >= 11 is 0. The third-order valence-corrected chi connectivity index (χ3v) is 6.84. The minimum absolute atomic E-state index is 0.128. The van der Waals surface area contributed by atoms with E-state index in [0.29, 0.717) is 11.2 Å². The maximum atomic E-state index is 12.1. The van der Waals surface area contributed by atoms with Gasteiger partial charge in [-0.05, 0) is 16.7 Å². The molecule has 3 aromatic carbocycles. The molecule has 0 fully saturated rings. The van der Waals surface area contributed by atoms with Crippen molar-refractivity contribution in [3.8, 4) is 0 Å². The van der Waals surface area contributed by atoms with E-state index >= 15 is 0 Å². The highest BCUT2D eigenvalue weighted by molar-refractivity contribution is 5.68. The Bertz CT molecular complexity index is 1310. The fraction of sp³-hybridized carbons (Fsp3) is 0.207. The van der Waals surface area contributed by atoms with E-state index in [1.165, 1.54) is 6.33 Å². The number of methoxy groups -OCH3 is 2. The van der Waals surface area contributed by atoms with Crippen molar-refractivity contribution in [1.82, 2.24) is 19.5 Å². The van der Waals surface area contributed by atoms with Gasteiger partial charge < -0.3 is 19.1 Å². The quantitative estimate of drug-likeness (QED) is 0.251. The molecule has 1 atom stereocenters. The lowest BCUT2D eigenvalue weighted by atomic mass is 9.62. The van der Waals surface area contributed by atoms with E-state index in [-0.39, 0.29) is 6.54 Å².